The van der Waals surface area contributed by atoms with Crippen LogP contribution in [0.15, 0.2) is 29.2 Å². The molecule has 6 heteroatoms. The minimum Gasteiger partial charge on any atom is -0.395 e. The quantitative estimate of drug-likeness (QED) is 0.764. The Morgan fingerprint density at radius 2 is 1.95 bits per heavy atom. The highest BCUT2D eigenvalue weighted by molar-refractivity contribution is 7.89. The largest absolute Gasteiger partial charge is 0.395 e. The summed E-state index contributed by atoms with van der Waals surface area (Å²) >= 11 is 0. The average molecular weight is 283 g/mol. The lowest BCUT2D eigenvalue weighted by molar-refractivity contribution is 0.214. The summed E-state index contributed by atoms with van der Waals surface area (Å²) in [6, 6.07) is 5.79. The van der Waals surface area contributed by atoms with Gasteiger partial charge in [-0.15, -0.1) is 0 Å². The highest BCUT2D eigenvalue weighted by Gasteiger charge is 2.26. The highest BCUT2D eigenvalue weighted by Crippen LogP contribution is 2.20. The SMILES string of the molecule is CC(CO)N(C)S(=O)(=O)c1ccccc1C#CCO. The summed E-state index contributed by atoms with van der Waals surface area (Å²) in [4.78, 5) is 0.0683. The van der Waals surface area contributed by atoms with Crippen LogP contribution in [-0.2, 0) is 10.0 Å². The number of aliphatic hydroxyl groups excluding tert-OH is 2. The van der Waals surface area contributed by atoms with Crippen LogP contribution in [0, 0.1) is 11.8 Å². The molecule has 1 unspecified atom stereocenters. The number of likely N-dealkylation sites (N-methyl/N-ethyl adjacent to an activating group) is 1. The number of nitrogens with zero attached hydrogens (tertiary/aromatic N) is 1. The van der Waals surface area contributed by atoms with Gasteiger partial charge in [0.05, 0.1) is 11.5 Å². The molecule has 0 amide bonds. The van der Waals surface area contributed by atoms with E-state index in [0.29, 0.717) is 5.56 Å². The third-order valence-corrected chi connectivity index (χ3v) is 4.76. The predicted molar refractivity (Wildman–Crippen MR) is 71.9 cm³/mol. The van der Waals surface area contributed by atoms with Crippen molar-refractivity contribution in [3.63, 3.8) is 0 Å². The first-order valence-corrected chi connectivity index (χ1v) is 7.16. The zero-order chi connectivity index (χ0) is 14.5. The minimum atomic E-state index is -3.72. The van der Waals surface area contributed by atoms with Crippen LogP contribution in [0.2, 0.25) is 0 Å². The summed E-state index contributed by atoms with van der Waals surface area (Å²) in [7, 11) is -2.31. The number of hydrogen-bond acceptors (Lipinski definition) is 4. The standard InChI is InChI=1S/C13H17NO4S/c1-11(10-16)14(2)19(17,18)13-8-4-3-6-12(13)7-5-9-15/h3-4,6,8,11,15-16H,9-10H2,1-2H3. The Balaban J connectivity index is 3.29. The fraction of sp³-hybridized carbons (Fsp3) is 0.385. The van der Waals surface area contributed by atoms with Crippen molar-refractivity contribution < 1.29 is 18.6 Å². The zero-order valence-electron chi connectivity index (χ0n) is 10.9. The van der Waals surface area contributed by atoms with Crippen molar-refractivity contribution in [2.24, 2.45) is 0 Å². The Kier molecular flexibility index (Phi) is 5.51. The first kappa shape index (κ1) is 15.7. The van der Waals surface area contributed by atoms with E-state index in [1.165, 1.54) is 13.1 Å². The monoisotopic (exact) mass is 283 g/mol. The molecule has 1 atom stereocenters. The van der Waals surface area contributed by atoms with Gasteiger partial charge in [0.1, 0.15) is 6.61 Å². The van der Waals surface area contributed by atoms with Crippen LogP contribution < -0.4 is 0 Å². The smallest absolute Gasteiger partial charge is 0.244 e. The second kappa shape index (κ2) is 6.68. The molecule has 0 saturated heterocycles. The molecule has 0 aromatic heterocycles. The van der Waals surface area contributed by atoms with E-state index in [0.717, 1.165) is 4.31 Å². The second-order valence-corrected chi connectivity index (χ2v) is 5.97. The molecule has 0 aliphatic rings. The van der Waals surface area contributed by atoms with E-state index < -0.39 is 16.1 Å². The molecule has 0 heterocycles. The number of rotatable bonds is 4. The Morgan fingerprint density at radius 3 is 2.53 bits per heavy atom. The molecule has 1 aromatic carbocycles. The number of hydrogen-bond donors (Lipinski definition) is 2. The second-order valence-electron chi connectivity index (χ2n) is 4.01. The third-order valence-electron chi connectivity index (χ3n) is 2.73. The van der Waals surface area contributed by atoms with Gasteiger partial charge in [-0.05, 0) is 19.1 Å². The van der Waals surface area contributed by atoms with Crippen LogP contribution in [-0.4, -0.2) is 49.2 Å². The summed E-state index contributed by atoms with van der Waals surface area (Å²) in [6.07, 6.45) is 0. The van der Waals surface area contributed by atoms with E-state index in [1.54, 1.807) is 25.1 Å². The summed E-state index contributed by atoms with van der Waals surface area (Å²) in [5.41, 5.74) is 0.327. The fourth-order valence-corrected chi connectivity index (χ4v) is 2.93. The van der Waals surface area contributed by atoms with Crippen molar-refractivity contribution in [1.29, 1.82) is 0 Å². The lowest BCUT2D eigenvalue weighted by Gasteiger charge is -2.23. The van der Waals surface area contributed by atoms with Crippen molar-refractivity contribution in [2.45, 2.75) is 17.9 Å². The Labute approximate surface area is 113 Å². The van der Waals surface area contributed by atoms with Gasteiger partial charge in [0.15, 0.2) is 0 Å². The van der Waals surface area contributed by atoms with Crippen molar-refractivity contribution in [1.82, 2.24) is 4.31 Å². The van der Waals surface area contributed by atoms with E-state index in [4.69, 9.17) is 10.2 Å². The van der Waals surface area contributed by atoms with Crippen molar-refractivity contribution in [3.8, 4) is 11.8 Å². The van der Waals surface area contributed by atoms with Crippen LogP contribution in [0.4, 0.5) is 0 Å². The molecule has 2 N–H and O–H groups in total. The highest BCUT2D eigenvalue weighted by atomic mass is 32.2. The Morgan fingerprint density at radius 1 is 1.32 bits per heavy atom. The maximum atomic E-state index is 12.4. The third kappa shape index (κ3) is 3.55. The van der Waals surface area contributed by atoms with Crippen LogP contribution in [0.1, 0.15) is 12.5 Å². The average Bonchev–Trinajstić information content (AvgIpc) is 2.43. The first-order valence-electron chi connectivity index (χ1n) is 5.72. The van der Waals surface area contributed by atoms with Crippen molar-refractivity contribution in [3.05, 3.63) is 29.8 Å². The number of aliphatic hydroxyl groups is 2. The van der Waals surface area contributed by atoms with Crippen molar-refractivity contribution in [2.75, 3.05) is 20.3 Å². The zero-order valence-corrected chi connectivity index (χ0v) is 11.7. The molecule has 0 radical (unpaired) electrons. The number of benzene rings is 1. The molecule has 1 rings (SSSR count). The van der Waals surface area contributed by atoms with Crippen LogP contribution in [0.25, 0.3) is 0 Å². The van der Waals surface area contributed by atoms with Gasteiger partial charge in [-0.3, -0.25) is 0 Å². The molecule has 0 spiro atoms. The van der Waals surface area contributed by atoms with Gasteiger partial charge in [0.25, 0.3) is 0 Å². The van der Waals surface area contributed by atoms with Gasteiger partial charge in [-0.25, -0.2) is 8.42 Å². The fourth-order valence-electron chi connectivity index (χ4n) is 1.44. The molecular formula is C13H17NO4S. The van der Waals surface area contributed by atoms with Crippen molar-refractivity contribution >= 4 is 10.0 Å². The van der Waals surface area contributed by atoms with Gasteiger partial charge in [0.2, 0.25) is 10.0 Å². The van der Waals surface area contributed by atoms with Crippen LogP contribution >= 0.6 is 0 Å². The van der Waals surface area contributed by atoms with Crippen LogP contribution in [0.5, 0.6) is 0 Å². The van der Waals surface area contributed by atoms with Crippen LogP contribution in [0.3, 0.4) is 0 Å². The lowest BCUT2D eigenvalue weighted by atomic mass is 10.2. The van der Waals surface area contributed by atoms with E-state index in [9.17, 15) is 8.42 Å². The van der Waals surface area contributed by atoms with E-state index in [-0.39, 0.29) is 18.1 Å². The summed E-state index contributed by atoms with van der Waals surface area (Å²) in [5, 5.41) is 17.7. The minimum absolute atomic E-state index is 0.0683. The normalized spacial score (nSPS) is 12.9. The molecule has 19 heavy (non-hydrogen) atoms. The van der Waals surface area contributed by atoms with E-state index in [2.05, 4.69) is 11.8 Å². The van der Waals surface area contributed by atoms with E-state index >= 15 is 0 Å². The molecular weight excluding hydrogens is 266 g/mol. The molecule has 104 valence electrons. The molecule has 0 aliphatic heterocycles. The van der Waals surface area contributed by atoms with E-state index in [1.807, 2.05) is 0 Å². The van der Waals surface area contributed by atoms with Gasteiger partial charge >= 0.3 is 0 Å². The van der Waals surface area contributed by atoms with Gasteiger partial charge in [-0.1, -0.05) is 24.0 Å². The Hall–Kier alpha value is -1.39. The van der Waals surface area contributed by atoms with Gasteiger partial charge < -0.3 is 10.2 Å². The summed E-state index contributed by atoms with van der Waals surface area (Å²) in [5.74, 6) is 5.04. The molecule has 0 fully saturated rings. The maximum absolute atomic E-state index is 12.4. The Bertz CT molecular complexity index is 586. The number of sulfonamides is 1. The maximum Gasteiger partial charge on any atom is 0.244 e. The molecule has 0 bridgehead atoms. The predicted octanol–water partition coefficient (Wildman–Crippen LogP) is 0.0317. The molecule has 1 aromatic rings. The summed E-state index contributed by atoms with van der Waals surface area (Å²) < 4.78 is 25.9. The molecule has 0 aliphatic carbocycles. The first-order chi connectivity index (χ1) is 8.95. The topological polar surface area (TPSA) is 77.8 Å². The van der Waals surface area contributed by atoms with Gasteiger partial charge in [-0.2, -0.15) is 4.31 Å². The van der Waals surface area contributed by atoms with Gasteiger partial charge in [0, 0.05) is 18.7 Å². The summed E-state index contributed by atoms with van der Waals surface area (Å²) in [6.45, 7) is 1.01. The molecule has 0 saturated carbocycles. The lowest BCUT2D eigenvalue weighted by Crippen LogP contribution is -2.37. The molecule has 5 nitrogen and oxygen atoms in total.